The average molecular weight is 302 g/mol. The van der Waals surface area contributed by atoms with Crippen LogP contribution in [0.2, 0.25) is 0 Å². The molecule has 0 spiro atoms. The van der Waals surface area contributed by atoms with Crippen LogP contribution in [0.1, 0.15) is 11.8 Å². The lowest BCUT2D eigenvalue weighted by Gasteiger charge is -2.08. The van der Waals surface area contributed by atoms with Crippen molar-refractivity contribution in [1.82, 2.24) is 9.97 Å². The Morgan fingerprint density at radius 3 is 2.95 bits per heavy atom. The van der Waals surface area contributed by atoms with Crippen molar-refractivity contribution in [3.8, 4) is 22.9 Å². The van der Waals surface area contributed by atoms with E-state index in [1.54, 1.807) is 12.1 Å². The molecule has 0 unspecified atom stereocenters. The Morgan fingerprint density at radius 1 is 1.38 bits per heavy atom. The molecular weight excluding hydrogens is 288 g/mol. The van der Waals surface area contributed by atoms with Crippen LogP contribution in [-0.2, 0) is 0 Å². The van der Waals surface area contributed by atoms with E-state index in [-0.39, 0.29) is 11.3 Å². The zero-order chi connectivity index (χ0) is 15.0. The predicted molar refractivity (Wildman–Crippen MR) is 83.2 cm³/mol. The Kier molecular flexibility index (Phi) is 3.39. The van der Waals surface area contributed by atoms with Crippen molar-refractivity contribution in [2.24, 2.45) is 0 Å². The highest BCUT2D eigenvalue weighted by Crippen LogP contribution is 2.31. The number of aromatic hydroxyl groups is 1. The van der Waals surface area contributed by atoms with Crippen LogP contribution >= 0.6 is 11.3 Å². The maximum Gasteiger partial charge on any atom is 0.259 e. The minimum atomic E-state index is -0.162. The van der Waals surface area contributed by atoms with Crippen LogP contribution in [0.25, 0.3) is 21.6 Å². The van der Waals surface area contributed by atoms with Crippen LogP contribution in [0, 0.1) is 6.92 Å². The molecule has 3 aromatic rings. The SMILES string of the molecule is CCOc1cc(-c2nc3sc(C)cc3c(=O)[nH]2)ccc1O. The maximum absolute atomic E-state index is 12.1. The minimum Gasteiger partial charge on any atom is -0.504 e. The van der Waals surface area contributed by atoms with Gasteiger partial charge in [-0.3, -0.25) is 4.79 Å². The summed E-state index contributed by atoms with van der Waals surface area (Å²) < 4.78 is 5.35. The van der Waals surface area contributed by atoms with Gasteiger partial charge in [-0.25, -0.2) is 4.98 Å². The molecule has 0 fully saturated rings. The summed E-state index contributed by atoms with van der Waals surface area (Å²) >= 11 is 1.48. The number of fused-ring (bicyclic) bond motifs is 1. The summed E-state index contributed by atoms with van der Waals surface area (Å²) in [5.74, 6) is 0.909. The second kappa shape index (κ2) is 5.21. The van der Waals surface area contributed by atoms with Gasteiger partial charge in [0, 0.05) is 10.4 Å². The van der Waals surface area contributed by atoms with E-state index in [9.17, 15) is 9.90 Å². The van der Waals surface area contributed by atoms with Crippen LogP contribution < -0.4 is 10.3 Å². The number of aromatic amines is 1. The third kappa shape index (κ3) is 2.50. The number of hydrogen-bond acceptors (Lipinski definition) is 5. The Balaban J connectivity index is 2.16. The first kappa shape index (κ1) is 13.6. The van der Waals surface area contributed by atoms with Crippen molar-refractivity contribution in [3.63, 3.8) is 0 Å². The van der Waals surface area contributed by atoms with Crippen molar-refractivity contribution in [3.05, 3.63) is 39.5 Å². The first-order valence-corrected chi connectivity index (χ1v) is 7.36. The molecule has 21 heavy (non-hydrogen) atoms. The van der Waals surface area contributed by atoms with Crippen molar-refractivity contribution >= 4 is 21.6 Å². The molecule has 0 aliphatic heterocycles. The van der Waals surface area contributed by atoms with Gasteiger partial charge in [-0.2, -0.15) is 0 Å². The smallest absolute Gasteiger partial charge is 0.259 e. The summed E-state index contributed by atoms with van der Waals surface area (Å²) in [4.78, 5) is 21.1. The van der Waals surface area contributed by atoms with E-state index in [0.717, 1.165) is 4.88 Å². The summed E-state index contributed by atoms with van der Waals surface area (Å²) in [5.41, 5.74) is 0.534. The zero-order valence-electron chi connectivity index (χ0n) is 11.6. The summed E-state index contributed by atoms with van der Waals surface area (Å²) in [6.45, 7) is 4.23. The lowest BCUT2D eigenvalue weighted by Crippen LogP contribution is -2.08. The summed E-state index contributed by atoms with van der Waals surface area (Å²) in [6, 6.07) is 6.73. The van der Waals surface area contributed by atoms with Gasteiger partial charge >= 0.3 is 0 Å². The molecule has 0 aliphatic carbocycles. The number of nitrogens with one attached hydrogen (secondary N) is 1. The lowest BCUT2D eigenvalue weighted by atomic mass is 10.2. The van der Waals surface area contributed by atoms with E-state index < -0.39 is 0 Å². The number of thiophene rings is 1. The molecule has 108 valence electrons. The quantitative estimate of drug-likeness (QED) is 0.779. The van der Waals surface area contributed by atoms with Crippen molar-refractivity contribution < 1.29 is 9.84 Å². The van der Waals surface area contributed by atoms with Gasteiger partial charge in [-0.05, 0) is 38.1 Å². The van der Waals surface area contributed by atoms with E-state index in [1.807, 2.05) is 19.9 Å². The van der Waals surface area contributed by atoms with Gasteiger partial charge in [0.05, 0.1) is 12.0 Å². The molecule has 6 heteroatoms. The van der Waals surface area contributed by atoms with E-state index in [0.29, 0.717) is 34.0 Å². The molecule has 2 N–H and O–H groups in total. The number of benzene rings is 1. The Bertz CT molecular complexity index is 867. The Hall–Kier alpha value is -2.34. The fourth-order valence-corrected chi connectivity index (χ4v) is 3.00. The summed E-state index contributed by atoms with van der Waals surface area (Å²) in [7, 11) is 0. The highest BCUT2D eigenvalue weighted by molar-refractivity contribution is 7.18. The molecule has 0 amide bonds. The number of H-pyrrole nitrogens is 1. The largest absolute Gasteiger partial charge is 0.504 e. The van der Waals surface area contributed by atoms with Gasteiger partial charge in [-0.15, -0.1) is 11.3 Å². The van der Waals surface area contributed by atoms with E-state index in [1.165, 1.54) is 17.4 Å². The van der Waals surface area contributed by atoms with Crippen LogP contribution in [0.3, 0.4) is 0 Å². The number of hydrogen-bond donors (Lipinski definition) is 2. The second-order valence-electron chi connectivity index (χ2n) is 4.61. The molecule has 2 heterocycles. The Morgan fingerprint density at radius 2 is 2.19 bits per heavy atom. The molecule has 0 bridgehead atoms. The lowest BCUT2D eigenvalue weighted by molar-refractivity contribution is 0.318. The summed E-state index contributed by atoms with van der Waals surface area (Å²) in [6.07, 6.45) is 0. The molecule has 0 aliphatic rings. The molecule has 3 rings (SSSR count). The van der Waals surface area contributed by atoms with Crippen LogP contribution in [0.15, 0.2) is 29.1 Å². The number of aryl methyl sites for hydroxylation is 1. The number of phenols is 1. The second-order valence-corrected chi connectivity index (χ2v) is 5.84. The van der Waals surface area contributed by atoms with Gasteiger partial charge < -0.3 is 14.8 Å². The van der Waals surface area contributed by atoms with Gasteiger partial charge in [0.15, 0.2) is 11.5 Å². The first-order valence-electron chi connectivity index (χ1n) is 6.55. The molecule has 5 nitrogen and oxygen atoms in total. The third-order valence-corrected chi connectivity index (χ3v) is 4.00. The molecule has 0 atom stereocenters. The topological polar surface area (TPSA) is 75.2 Å². The highest BCUT2D eigenvalue weighted by Gasteiger charge is 2.11. The average Bonchev–Trinajstić information content (AvgIpc) is 2.82. The minimum absolute atomic E-state index is 0.0657. The molecule has 1 aromatic carbocycles. The monoisotopic (exact) mass is 302 g/mol. The maximum atomic E-state index is 12.1. The van der Waals surface area contributed by atoms with Gasteiger partial charge in [-0.1, -0.05) is 0 Å². The molecule has 0 radical (unpaired) electrons. The van der Waals surface area contributed by atoms with Gasteiger partial charge in [0.2, 0.25) is 0 Å². The number of rotatable bonds is 3. The highest BCUT2D eigenvalue weighted by atomic mass is 32.1. The van der Waals surface area contributed by atoms with Crippen LogP contribution in [0.5, 0.6) is 11.5 Å². The van der Waals surface area contributed by atoms with Gasteiger partial charge in [0.1, 0.15) is 10.7 Å². The number of aromatic nitrogens is 2. The third-order valence-electron chi connectivity index (χ3n) is 3.06. The standard InChI is InChI=1S/C15H14N2O3S/c1-3-20-12-7-9(4-5-11(12)18)13-16-14(19)10-6-8(2)21-15(10)17-13/h4-7,18H,3H2,1-2H3,(H,16,17,19). The van der Waals surface area contributed by atoms with E-state index in [2.05, 4.69) is 9.97 Å². The number of nitrogens with zero attached hydrogens (tertiary/aromatic N) is 1. The Labute approximate surface area is 124 Å². The predicted octanol–water partition coefficient (Wildman–Crippen LogP) is 3.06. The van der Waals surface area contributed by atoms with Crippen molar-refractivity contribution in [2.75, 3.05) is 6.61 Å². The van der Waals surface area contributed by atoms with Crippen molar-refractivity contribution in [2.45, 2.75) is 13.8 Å². The number of phenolic OH excluding ortho intramolecular Hbond substituents is 1. The van der Waals surface area contributed by atoms with Crippen molar-refractivity contribution in [1.29, 1.82) is 0 Å². The van der Waals surface area contributed by atoms with Crippen LogP contribution in [-0.4, -0.2) is 21.7 Å². The van der Waals surface area contributed by atoms with Crippen LogP contribution in [0.4, 0.5) is 0 Å². The molecule has 0 saturated heterocycles. The van der Waals surface area contributed by atoms with E-state index in [4.69, 9.17) is 4.74 Å². The fraction of sp³-hybridized carbons (Fsp3) is 0.200. The summed E-state index contributed by atoms with van der Waals surface area (Å²) in [5, 5.41) is 10.3. The zero-order valence-corrected chi connectivity index (χ0v) is 12.5. The normalized spacial score (nSPS) is 11.0. The molecule has 2 aromatic heterocycles. The first-order chi connectivity index (χ1) is 10.1. The van der Waals surface area contributed by atoms with Gasteiger partial charge in [0.25, 0.3) is 5.56 Å². The fourth-order valence-electron chi connectivity index (χ4n) is 2.12. The van der Waals surface area contributed by atoms with E-state index >= 15 is 0 Å². The molecule has 0 saturated carbocycles. The number of ether oxygens (including phenoxy) is 1. The molecular formula is C15H14N2O3S.